The molecule has 0 bridgehead atoms. The molecule has 0 aliphatic heterocycles. The van der Waals surface area contributed by atoms with E-state index >= 15 is 0 Å². The fourth-order valence-corrected chi connectivity index (χ4v) is 2.19. The number of methoxy groups -OCH3 is 1. The van der Waals surface area contributed by atoms with Gasteiger partial charge < -0.3 is 15.4 Å². The first kappa shape index (κ1) is 16.2. The van der Waals surface area contributed by atoms with Crippen LogP contribution in [0.3, 0.4) is 0 Å². The molecular formula is C17H19ClN2O2. The van der Waals surface area contributed by atoms with E-state index in [0.29, 0.717) is 16.5 Å². The second-order valence-electron chi connectivity index (χ2n) is 5.05. The second kappa shape index (κ2) is 7.18. The molecule has 22 heavy (non-hydrogen) atoms. The first-order valence-corrected chi connectivity index (χ1v) is 7.32. The normalized spacial score (nSPS) is 10.2. The molecule has 2 rings (SSSR count). The Bertz CT molecular complexity index is 686. The van der Waals surface area contributed by atoms with Crippen LogP contribution in [0.15, 0.2) is 36.4 Å². The molecule has 0 atom stereocenters. The lowest BCUT2D eigenvalue weighted by atomic mass is 10.1. The molecule has 0 spiro atoms. The Morgan fingerprint density at radius 3 is 2.59 bits per heavy atom. The molecule has 116 valence electrons. The van der Waals surface area contributed by atoms with Gasteiger partial charge >= 0.3 is 0 Å². The predicted molar refractivity (Wildman–Crippen MR) is 91.0 cm³/mol. The minimum absolute atomic E-state index is 0.129. The number of anilines is 2. The summed E-state index contributed by atoms with van der Waals surface area (Å²) in [7, 11) is 1.57. The topological polar surface area (TPSA) is 50.4 Å². The molecule has 4 nitrogen and oxygen atoms in total. The minimum atomic E-state index is -0.134. The van der Waals surface area contributed by atoms with Crippen LogP contribution >= 0.6 is 11.6 Å². The fourth-order valence-electron chi connectivity index (χ4n) is 2.02. The second-order valence-corrected chi connectivity index (χ2v) is 5.48. The van der Waals surface area contributed by atoms with Crippen LogP contribution in [0.4, 0.5) is 11.4 Å². The van der Waals surface area contributed by atoms with Gasteiger partial charge in [0.1, 0.15) is 5.75 Å². The van der Waals surface area contributed by atoms with Gasteiger partial charge in [0.05, 0.1) is 19.3 Å². The van der Waals surface area contributed by atoms with Gasteiger partial charge in [0.15, 0.2) is 0 Å². The van der Waals surface area contributed by atoms with Gasteiger partial charge in [0, 0.05) is 10.7 Å². The van der Waals surface area contributed by atoms with Gasteiger partial charge in [-0.15, -0.1) is 0 Å². The molecule has 2 aromatic rings. The van der Waals surface area contributed by atoms with Crippen LogP contribution in [0.25, 0.3) is 0 Å². The lowest BCUT2D eigenvalue weighted by Crippen LogP contribution is -2.22. The highest BCUT2D eigenvalue weighted by Crippen LogP contribution is 2.27. The molecule has 0 aromatic heterocycles. The van der Waals surface area contributed by atoms with Gasteiger partial charge in [-0.1, -0.05) is 17.7 Å². The van der Waals surface area contributed by atoms with Crippen LogP contribution < -0.4 is 15.4 Å². The van der Waals surface area contributed by atoms with Gasteiger partial charge in [0.25, 0.3) is 0 Å². The first-order chi connectivity index (χ1) is 10.5. The number of ether oxygens (including phenoxy) is 1. The highest BCUT2D eigenvalue weighted by atomic mass is 35.5. The maximum atomic E-state index is 12.0. The molecule has 1 amide bonds. The summed E-state index contributed by atoms with van der Waals surface area (Å²) >= 11 is 5.95. The number of aryl methyl sites for hydroxylation is 2. The van der Waals surface area contributed by atoms with Gasteiger partial charge in [0.2, 0.25) is 5.91 Å². The van der Waals surface area contributed by atoms with E-state index in [1.54, 1.807) is 25.3 Å². The zero-order valence-electron chi connectivity index (χ0n) is 12.9. The van der Waals surface area contributed by atoms with Gasteiger partial charge in [-0.05, 0) is 55.3 Å². The molecule has 0 aliphatic carbocycles. The third-order valence-electron chi connectivity index (χ3n) is 3.39. The van der Waals surface area contributed by atoms with Crippen molar-refractivity contribution in [3.63, 3.8) is 0 Å². The van der Waals surface area contributed by atoms with E-state index in [2.05, 4.69) is 10.6 Å². The first-order valence-electron chi connectivity index (χ1n) is 6.94. The van der Waals surface area contributed by atoms with Gasteiger partial charge in [-0.25, -0.2) is 0 Å². The number of amides is 1. The number of hydrogen-bond donors (Lipinski definition) is 2. The average molecular weight is 319 g/mol. The summed E-state index contributed by atoms with van der Waals surface area (Å²) in [4.78, 5) is 12.0. The van der Waals surface area contributed by atoms with E-state index in [-0.39, 0.29) is 12.5 Å². The van der Waals surface area contributed by atoms with Crippen molar-refractivity contribution in [1.82, 2.24) is 0 Å². The zero-order chi connectivity index (χ0) is 16.1. The van der Waals surface area contributed by atoms with Crippen molar-refractivity contribution in [3.8, 4) is 5.75 Å². The number of rotatable bonds is 5. The minimum Gasteiger partial charge on any atom is -0.495 e. The maximum Gasteiger partial charge on any atom is 0.243 e. The van der Waals surface area contributed by atoms with Crippen molar-refractivity contribution in [2.75, 3.05) is 24.3 Å². The van der Waals surface area contributed by atoms with Crippen molar-refractivity contribution < 1.29 is 9.53 Å². The van der Waals surface area contributed by atoms with Crippen LogP contribution in [0, 0.1) is 13.8 Å². The van der Waals surface area contributed by atoms with Crippen molar-refractivity contribution in [2.45, 2.75) is 13.8 Å². The molecule has 0 unspecified atom stereocenters. The van der Waals surface area contributed by atoms with E-state index in [1.165, 1.54) is 5.56 Å². The number of benzene rings is 2. The summed E-state index contributed by atoms with van der Waals surface area (Å²) in [5, 5.41) is 6.47. The predicted octanol–water partition coefficient (Wildman–Crippen LogP) is 4.02. The number of nitrogens with one attached hydrogen (secondary N) is 2. The lowest BCUT2D eigenvalue weighted by molar-refractivity contribution is -0.114. The maximum absolute atomic E-state index is 12.0. The van der Waals surface area contributed by atoms with E-state index in [4.69, 9.17) is 16.3 Å². The number of hydrogen-bond acceptors (Lipinski definition) is 3. The molecule has 0 aliphatic rings. The summed E-state index contributed by atoms with van der Waals surface area (Å²) in [5.74, 6) is 0.508. The standard InChI is InChI=1S/C17H19ClN2O2/c1-11-4-6-14(8-12(11)2)20-17(21)10-19-15-9-13(18)5-7-16(15)22-3/h4-9,19H,10H2,1-3H3,(H,20,21). The van der Waals surface area contributed by atoms with Crippen molar-refractivity contribution in [1.29, 1.82) is 0 Å². The van der Waals surface area contributed by atoms with Crippen molar-refractivity contribution >= 4 is 28.9 Å². The third kappa shape index (κ3) is 4.15. The fraction of sp³-hybridized carbons (Fsp3) is 0.235. The number of carbonyl (C=O) groups is 1. The van der Waals surface area contributed by atoms with Crippen LogP contribution in [0.2, 0.25) is 5.02 Å². The lowest BCUT2D eigenvalue weighted by Gasteiger charge is -2.12. The Balaban J connectivity index is 1.98. The number of carbonyl (C=O) groups excluding carboxylic acids is 1. The summed E-state index contributed by atoms with van der Waals surface area (Å²) < 4.78 is 5.23. The molecule has 0 saturated carbocycles. The van der Waals surface area contributed by atoms with Gasteiger partial charge in [-0.3, -0.25) is 4.79 Å². The van der Waals surface area contributed by atoms with E-state index in [1.807, 2.05) is 32.0 Å². The smallest absolute Gasteiger partial charge is 0.243 e. The summed E-state index contributed by atoms with van der Waals surface area (Å²) in [6.07, 6.45) is 0. The van der Waals surface area contributed by atoms with E-state index in [9.17, 15) is 4.79 Å². The SMILES string of the molecule is COc1ccc(Cl)cc1NCC(=O)Nc1ccc(C)c(C)c1. The Kier molecular flexibility index (Phi) is 5.28. The molecule has 0 saturated heterocycles. The monoisotopic (exact) mass is 318 g/mol. The molecule has 5 heteroatoms. The summed E-state index contributed by atoms with van der Waals surface area (Å²) in [5.41, 5.74) is 3.81. The molecule has 2 N–H and O–H groups in total. The largest absolute Gasteiger partial charge is 0.495 e. The summed E-state index contributed by atoms with van der Waals surface area (Å²) in [6, 6.07) is 11.0. The van der Waals surface area contributed by atoms with Crippen LogP contribution in [0.5, 0.6) is 5.75 Å². The van der Waals surface area contributed by atoms with Crippen LogP contribution in [0.1, 0.15) is 11.1 Å². The van der Waals surface area contributed by atoms with Gasteiger partial charge in [-0.2, -0.15) is 0 Å². The van der Waals surface area contributed by atoms with Crippen molar-refractivity contribution in [3.05, 3.63) is 52.5 Å². The van der Waals surface area contributed by atoms with E-state index < -0.39 is 0 Å². The zero-order valence-corrected chi connectivity index (χ0v) is 13.6. The molecule has 0 heterocycles. The quantitative estimate of drug-likeness (QED) is 0.875. The van der Waals surface area contributed by atoms with Crippen molar-refractivity contribution in [2.24, 2.45) is 0 Å². The third-order valence-corrected chi connectivity index (χ3v) is 3.63. The Morgan fingerprint density at radius 2 is 1.91 bits per heavy atom. The average Bonchev–Trinajstić information content (AvgIpc) is 2.49. The van der Waals surface area contributed by atoms with Crippen LogP contribution in [-0.4, -0.2) is 19.6 Å². The summed E-state index contributed by atoms with van der Waals surface area (Å²) in [6.45, 7) is 4.18. The molecule has 0 radical (unpaired) electrons. The molecular weight excluding hydrogens is 300 g/mol. The van der Waals surface area contributed by atoms with E-state index in [0.717, 1.165) is 11.3 Å². The highest BCUT2D eigenvalue weighted by molar-refractivity contribution is 6.30. The number of halogens is 1. The highest BCUT2D eigenvalue weighted by Gasteiger charge is 2.07. The Morgan fingerprint density at radius 1 is 1.14 bits per heavy atom. The molecule has 2 aromatic carbocycles. The Labute approximate surface area is 135 Å². The van der Waals surface area contributed by atoms with Crippen LogP contribution in [-0.2, 0) is 4.79 Å². The molecule has 0 fully saturated rings. The Hall–Kier alpha value is -2.20.